The van der Waals surface area contributed by atoms with Crippen molar-refractivity contribution in [3.63, 3.8) is 0 Å². The maximum absolute atomic E-state index is 9.07. The molecule has 0 bridgehead atoms. The molecule has 0 amide bonds. The van der Waals surface area contributed by atoms with Crippen LogP contribution in [0.3, 0.4) is 0 Å². The zero-order valence-electron chi connectivity index (χ0n) is 11.9. The molecule has 0 saturated carbocycles. The fourth-order valence-corrected chi connectivity index (χ4v) is 2.71. The number of hydrogen-bond donors (Lipinski definition) is 1. The molecule has 0 aromatic heterocycles. The third-order valence-electron chi connectivity index (χ3n) is 3.24. The van der Waals surface area contributed by atoms with Crippen molar-refractivity contribution in [2.24, 2.45) is 0 Å². The van der Waals surface area contributed by atoms with Crippen LogP contribution in [0.25, 0.3) is 0 Å². The van der Waals surface area contributed by atoms with E-state index in [4.69, 9.17) is 10.00 Å². The van der Waals surface area contributed by atoms with Crippen LogP contribution in [-0.4, -0.2) is 24.6 Å². The lowest BCUT2D eigenvalue weighted by molar-refractivity contribution is 0.172. The minimum absolute atomic E-state index is 0.303. The van der Waals surface area contributed by atoms with Crippen LogP contribution in [0.1, 0.15) is 43.0 Å². The van der Waals surface area contributed by atoms with E-state index in [1.807, 2.05) is 30.3 Å². The van der Waals surface area contributed by atoms with Gasteiger partial charge >= 0.3 is 0 Å². The predicted octanol–water partition coefficient (Wildman–Crippen LogP) is 3.36. The smallest absolute Gasteiger partial charge is 0.0994 e. The second-order valence-corrected chi connectivity index (χ2v) is 4.71. The highest BCUT2D eigenvalue weighted by atomic mass is 32.1. The van der Waals surface area contributed by atoms with Crippen molar-refractivity contribution in [1.29, 1.82) is 5.26 Å². The molecule has 0 radical (unpaired) electrons. The molecule has 1 aliphatic carbocycles. The number of nitriles is 1. The standard InChI is InChI=1S/C13H16N2OS.C2H6/c1-16-8-7-15(17)13-6-5-11-10(9-14)3-2-4-12(11)13;1-2/h2-4,13,17H,5-8H2,1H3;1-2H3. The molecule has 104 valence electrons. The Hall–Kier alpha value is -1.02. The lowest BCUT2D eigenvalue weighted by atomic mass is 10.0. The summed E-state index contributed by atoms with van der Waals surface area (Å²) in [6, 6.07) is 8.51. The molecule has 0 aliphatic heterocycles. The van der Waals surface area contributed by atoms with Gasteiger partial charge in [-0.2, -0.15) is 5.26 Å². The molecule has 19 heavy (non-hydrogen) atoms. The van der Waals surface area contributed by atoms with Gasteiger partial charge in [-0.25, -0.2) is 4.31 Å². The van der Waals surface area contributed by atoms with Crippen molar-refractivity contribution in [1.82, 2.24) is 4.31 Å². The Kier molecular flexibility index (Phi) is 6.93. The molecular formula is C15H22N2OS. The van der Waals surface area contributed by atoms with Gasteiger partial charge in [-0.3, -0.25) is 0 Å². The highest BCUT2D eigenvalue weighted by Gasteiger charge is 2.27. The Bertz CT molecular complexity index is 442. The Morgan fingerprint density at radius 2 is 2.21 bits per heavy atom. The van der Waals surface area contributed by atoms with E-state index < -0.39 is 0 Å². The quantitative estimate of drug-likeness (QED) is 0.858. The summed E-state index contributed by atoms with van der Waals surface area (Å²) >= 11 is 4.52. The van der Waals surface area contributed by atoms with Crippen molar-refractivity contribution < 1.29 is 4.74 Å². The monoisotopic (exact) mass is 278 g/mol. The van der Waals surface area contributed by atoms with Crippen LogP contribution in [0.2, 0.25) is 0 Å². The summed E-state index contributed by atoms with van der Waals surface area (Å²) in [6.07, 6.45) is 2.00. The molecule has 1 aromatic carbocycles. The summed E-state index contributed by atoms with van der Waals surface area (Å²) in [5.41, 5.74) is 3.24. The summed E-state index contributed by atoms with van der Waals surface area (Å²) in [5.74, 6) is 0. The van der Waals surface area contributed by atoms with Gasteiger partial charge in [-0.1, -0.05) is 38.8 Å². The van der Waals surface area contributed by atoms with E-state index in [0.717, 1.165) is 24.9 Å². The van der Waals surface area contributed by atoms with Gasteiger partial charge in [-0.05, 0) is 30.0 Å². The van der Waals surface area contributed by atoms with Gasteiger partial charge in [0.25, 0.3) is 0 Å². The molecule has 1 aliphatic rings. The molecule has 1 unspecified atom stereocenters. The normalized spacial score (nSPS) is 16.5. The first-order valence-electron chi connectivity index (χ1n) is 6.74. The van der Waals surface area contributed by atoms with Gasteiger partial charge in [0.15, 0.2) is 0 Å². The van der Waals surface area contributed by atoms with Gasteiger partial charge in [-0.15, -0.1) is 0 Å². The lowest BCUT2D eigenvalue weighted by Gasteiger charge is -2.23. The second-order valence-electron chi connectivity index (χ2n) is 4.20. The van der Waals surface area contributed by atoms with Crippen LogP contribution in [-0.2, 0) is 11.2 Å². The molecule has 4 heteroatoms. The molecular weight excluding hydrogens is 256 g/mol. The summed E-state index contributed by atoms with van der Waals surface area (Å²) in [4.78, 5) is 0. The molecule has 0 heterocycles. The Balaban J connectivity index is 0.000000861. The van der Waals surface area contributed by atoms with Crippen molar-refractivity contribution in [3.8, 4) is 6.07 Å². The number of nitrogens with zero attached hydrogens (tertiary/aromatic N) is 2. The summed E-state index contributed by atoms with van der Waals surface area (Å²) in [5, 5.41) is 9.07. The minimum Gasteiger partial charge on any atom is -0.383 e. The van der Waals surface area contributed by atoms with Crippen LogP contribution in [0.5, 0.6) is 0 Å². The number of fused-ring (bicyclic) bond motifs is 1. The highest BCUT2D eigenvalue weighted by molar-refractivity contribution is 7.77. The average Bonchev–Trinajstić information content (AvgIpc) is 2.90. The van der Waals surface area contributed by atoms with Gasteiger partial charge in [0.1, 0.15) is 0 Å². The first-order valence-corrected chi connectivity index (χ1v) is 7.14. The van der Waals surface area contributed by atoms with Crippen molar-refractivity contribution >= 4 is 12.8 Å². The number of rotatable bonds is 4. The summed E-state index contributed by atoms with van der Waals surface area (Å²) in [6.45, 7) is 5.47. The average molecular weight is 278 g/mol. The third kappa shape index (κ3) is 3.73. The highest BCUT2D eigenvalue weighted by Crippen LogP contribution is 2.37. The van der Waals surface area contributed by atoms with E-state index in [0.29, 0.717) is 12.6 Å². The van der Waals surface area contributed by atoms with Crippen molar-refractivity contribution in [2.75, 3.05) is 20.3 Å². The molecule has 1 atom stereocenters. The number of ether oxygens (including phenoxy) is 1. The first kappa shape index (κ1) is 16.0. The predicted molar refractivity (Wildman–Crippen MR) is 81.1 cm³/mol. The zero-order chi connectivity index (χ0) is 14.3. The number of hydrogen-bond acceptors (Lipinski definition) is 4. The second kappa shape index (κ2) is 8.21. The molecule has 3 nitrogen and oxygen atoms in total. The summed E-state index contributed by atoms with van der Waals surface area (Å²) in [7, 11) is 1.69. The largest absolute Gasteiger partial charge is 0.383 e. The van der Waals surface area contributed by atoms with Crippen LogP contribution in [0.4, 0.5) is 0 Å². The van der Waals surface area contributed by atoms with E-state index in [-0.39, 0.29) is 0 Å². The van der Waals surface area contributed by atoms with E-state index >= 15 is 0 Å². The topological polar surface area (TPSA) is 36.3 Å². The van der Waals surface area contributed by atoms with Crippen molar-refractivity contribution in [3.05, 3.63) is 34.9 Å². The van der Waals surface area contributed by atoms with Crippen LogP contribution in [0.15, 0.2) is 18.2 Å². The number of methoxy groups -OCH3 is 1. The van der Waals surface area contributed by atoms with Crippen LogP contribution >= 0.6 is 12.8 Å². The Morgan fingerprint density at radius 1 is 1.47 bits per heavy atom. The third-order valence-corrected chi connectivity index (χ3v) is 3.72. The van der Waals surface area contributed by atoms with E-state index in [2.05, 4.69) is 25.0 Å². The minimum atomic E-state index is 0.303. The van der Waals surface area contributed by atoms with E-state index in [1.165, 1.54) is 11.1 Å². The molecule has 0 spiro atoms. The van der Waals surface area contributed by atoms with Gasteiger partial charge in [0, 0.05) is 19.7 Å². The van der Waals surface area contributed by atoms with Crippen molar-refractivity contribution in [2.45, 2.75) is 32.7 Å². The zero-order valence-corrected chi connectivity index (χ0v) is 12.8. The molecule has 0 fully saturated rings. The number of benzene rings is 1. The molecule has 2 rings (SSSR count). The summed E-state index contributed by atoms with van der Waals surface area (Å²) < 4.78 is 7.07. The Morgan fingerprint density at radius 3 is 2.84 bits per heavy atom. The lowest BCUT2D eigenvalue weighted by Crippen LogP contribution is -2.21. The van der Waals surface area contributed by atoms with Gasteiger partial charge in [0.05, 0.1) is 18.2 Å². The van der Waals surface area contributed by atoms with E-state index in [1.54, 1.807) is 7.11 Å². The molecule has 0 saturated heterocycles. The SMILES string of the molecule is CC.COCCN(S)C1CCc2c(C#N)cccc21. The fourth-order valence-electron chi connectivity index (χ4n) is 2.39. The molecule has 0 N–H and O–H groups in total. The fraction of sp³-hybridized carbons (Fsp3) is 0.533. The first-order chi connectivity index (χ1) is 9.27. The van der Waals surface area contributed by atoms with Crippen LogP contribution < -0.4 is 0 Å². The maximum atomic E-state index is 9.07. The Labute approximate surface area is 121 Å². The molecule has 1 aromatic rings. The van der Waals surface area contributed by atoms with Gasteiger partial charge < -0.3 is 4.74 Å². The van der Waals surface area contributed by atoms with Crippen LogP contribution in [0, 0.1) is 11.3 Å². The van der Waals surface area contributed by atoms with Gasteiger partial charge in [0.2, 0.25) is 0 Å². The number of thiol groups is 1. The van der Waals surface area contributed by atoms with E-state index in [9.17, 15) is 0 Å². The maximum Gasteiger partial charge on any atom is 0.0994 e.